The van der Waals surface area contributed by atoms with Crippen molar-refractivity contribution in [3.63, 3.8) is 0 Å². The molecule has 4 rings (SSSR count). The van der Waals surface area contributed by atoms with Gasteiger partial charge in [-0.15, -0.1) is 11.3 Å². The predicted octanol–water partition coefficient (Wildman–Crippen LogP) is 5.31. The van der Waals surface area contributed by atoms with Crippen molar-refractivity contribution in [1.82, 2.24) is 19.7 Å². The maximum atomic E-state index is 13.2. The number of hydrogen-bond donors (Lipinski definition) is 1. The Morgan fingerprint density at radius 3 is 2.62 bits per heavy atom. The molecular formula is C22H23N5OS. The minimum Gasteiger partial charge on any atom is -0.322 e. The fourth-order valence-electron chi connectivity index (χ4n) is 3.43. The molecule has 0 spiro atoms. The van der Waals surface area contributed by atoms with Gasteiger partial charge in [-0.3, -0.25) is 9.78 Å². The van der Waals surface area contributed by atoms with Gasteiger partial charge in [0.15, 0.2) is 5.65 Å². The third-order valence-corrected chi connectivity index (χ3v) is 5.74. The van der Waals surface area contributed by atoms with Crippen LogP contribution in [0.15, 0.2) is 36.7 Å². The van der Waals surface area contributed by atoms with E-state index in [4.69, 9.17) is 4.98 Å². The van der Waals surface area contributed by atoms with Gasteiger partial charge >= 0.3 is 0 Å². The van der Waals surface area contributed by atoms with Crippen molar-refractivity contribution in [3.8, 4) is 11.3 Å². The number of hydrogen-bond acceptors (Lipinski definition) is 5. The van der Waals surface area contributed by atoms with E-state index in [0.29, 0.717) is 11.3 Å². The third-order valence-electron chi connectivity index (χ3n) is 4.77. The summed E-state index contributed by atoms with van der Waals surface area (Å²) in [5.41, 5.74) is 4.69. The molecule has 1 amide bonds. The van der Waals surface area contributed by atoms with Gasteiger partial charge < -0.3 is 5.32 Å². The van der Waals surface area contributed by atoms with Crippen LogP contribution >= 0.6 is 11.3 Å². The second-order valence-electron chi connectivity index (χ2n) is 7.44. The highest BCUT2D eigenvalue weighted by molar-refractivity contribution is 7.12. The molecule has 0 unspecified atom stereocenters. The molecule has 4 aromatic rings. The third kappa shape index (κ3) is 3.65. The molecule has 0 fully saturated rings. The van der Waals surface area contributed by atoms with Crippen molar-refractivity contribution >= 4 is 34.0 Å². The topological polar surface area (TPSA) is 72.7 Å². The molecule has 0 atom stereocenters. The molecule has 0 aliphatic carbocycles. The van der Waals surface area contributed by atoms with Crippen LogP contribution < -0.4 is 5.32 Å². The molecular weight excluding hydrogens is 382 g/mol. The summed E-state index contributed by atoms with van der Waals surface area (Å²) in [5, 5.41) is 8.22. The van der Waals surface area contributed by atoms with Gasteiger partial charge in [0, 0.05) is 38.9 Å². The van der Waals surface area contributed by atoms with E-state index in [1.807, 2.05) is 23.7 Å². The largest absolute Gasteiger partial charge is 0.322 e. The molecule has 0 aliphatic heterocycles. The number of anilines is 1. The number of carbonyl (C=O) groups excluding carboxylic acids is 1. The van der Waals surface area contributed by atoms with E-state index in [1.54, 1.807) is 29.8 Å². The number of thiophene rings is 1. The van der Waals surface area contributed by atoms with Crippen LogP contribution in [-0.4, -0.2) is 25.7 Å². The zero-order chi connectivity index (χ0) is 20.7. The summed E-state index contributed by atoms with van der Waals surface area (Å²) in [6, 6.07) is 7.76. The monoisotopic (exact) mass is 405 g/mol. The van der Waals surface area contributed by atoms with Gasteiger partial charge in [-0.25, -0.2) is 9.67 Å². The summed E-state index contributed by atoms with van der Waals surface area (Å²) in [7, 11) is 0. The Morgan fingerprint density at radius 2 is 1.97 bits per heavy atom. The Bertz CT molecular complexity index is 1220. The van der Waals surface area contributed by atoms with Crippen LogP contribution in [0.5, 0.6) is 0 Å². The predicted molar refractivity (Wildman–Crippen MR) is 118 cm³/mol. The Morgan fingerprint density at radius 1 is 1.17 bits per heavy atom. The van der Waals surface area contributed by atoms with Gasteiger partial charge in [0.05, 0.1) is 22.8 Å². The minimum atomic E-state index is -0.183. The van der Waals surface area contributed by atoms with E-state index in [-0.39, 0.29) is 11.9 Å². The normalized spacial score (nSPS) is 11.4. The summed E-state index contributed by atoms with van der Waals surface area (Å²) in [6.45, 7) is 10.2. The average molecular weight is 406 g/mol. The lowest BCUT2D eigenvalue weighted by Crippen LogP contribution is -2.13. The standard InChI is InChI=1S/C22H23N5OS/c1-12(2)27-21-19(11-24-27)18(22(28)25-16-6-7-23-13(3)8-16)10-20(26-21)17-9-14(4)29-15(17)5/h6-12H,1-5H3,(H,23,25,28). The van der Waals surface area contributed by atoms with E-state index < -0.39 is 0 Å². The SMILES string of the molecule is Cc1cc(NC(=O)c2cc(-c3cc(C)sc3C)nc3c2cnn3C(C)C)ccn1. The number of carbonyl (C=O) groups is 1. The molecule has 7 heteroatoms. The van der Waals surface area contributed by atoms with Crippen LogP contribution in [0.3, 0.4) is 0 Å². The molecule has 0 aliphatic rings. The van der Waals surface area contributed by atoms with E-state index in [0.717, 1.165) is 28.0 Å². The molecule has 0 aromatic carbocycles. The van der Waals surface area contributed by atoms with Crippen molar-refractivity contribution in [3.05, 3.63) is 57.7 Å². The second-order valence-corrected chi connectivity index (χ2v) is 8.90. The smallest absolute Gasteiger partial charge is 0.256 e. The van der Waals surface area contributed by atoms with Crippen molar-refractivity contribution in [2.75, 3.05) is 5.32 Å². The summed E-state index contributed by atoms with van der Waals surface area (Å²) in [5.74, 6) is -0.183. The Balaban J connectivity index is 1.87. The van der Waals surface area contributed by atoms with Crippen LogP contribution in [-0.2, 0) is 0 Å². The lowest BCUT2D eigenvalue weighted by Gasteiger charge is -2.11. The second kappa shape index (κ2) is 7.40. The number of nitrogens with zero attached hydrogens (tertiary/aromatic N) is 4. The first-order valence-electron chi connectivity index (χ1n) is 9.53. The molecule has 4 aromatic heterocycles. The molecule has 0 bridgehead atoms. The van der Waals surface area contributed by atoms with Crippen LogP contribution in [0.2, 0.25) is 0 Å². The molecule has 1 N–H and O–H groups in total. The van der Waals surface area contributed by atoms with Crippen LogP contribution in [0, 0.1) is 20.8 Å². The minimum absolute atomic E-state index is 0.138. The number of pyridine rings is 2. The maximum absolute atomic E-state index is 13.2. The summed E-state index contributed by atoms with van der Waals surface area (Å²) < 4.78 is 1.86. The van der Waals surface area contributed by atoms with Gasteiger partial charge in [0.25, 0.3) is 5.91 Å². The number of rotatable bonds is 4. The molecule has 148 valence electrons. The van der Waals surface area contributed by atoms with E-state index in [2.05, 4.69) is 49.2 Å². The van der Waals surface area contributed by atoms with Gasteiger partial charge in [-0.05, 0) is 58.9 Å². The highest BCUT2D eigenvalue weighted by Gasteiger charge is 2.20. The fraction of sp³-hybridized carbons (Fsp3) is 0.273. The highest BCUT2D eigenvalue weighted by Crippen LogP contribution is 2.32. The van der Waals surface area contributed by atoms with Gasteiger partial charge in [0.1, 0.15) is 0 Å². The van der Waals surface area contributed by atoms with Crippen molar-refractivity contribution < 1.29 is 4.79 Å². The highest BCUT2D eigenvalue weighted by atomic mass is 32.1. The van der Waals surface area contributed by atoms with Crippen LogP contribution in [0.4, 0.5) is 5.69 Å². The fourth-order valence-corrected chi connectivity index (χ4v) is 4.36. The first-order valence-corrected chi connectivity index (χ1v) is 10.3. The van der Waals surface area contributed by atoms with Gasteiger partial charge in [0.2, 0.25) is 0 Å². The zero-order valence-corrected chi connectivity index (χ0v) is 18.0. The van der Waals surface area contributed by atoms with Crippen LogP contribution in [0.1, 0.15) is 45.7 Å². The number of aromatic nitrogens is 4. The van der Waals surface area contributed by atoms with Gasteiger partial charge in [-0.2, -0.15) is 5.10 Å². The number of aryl methyl sites for hydroxylation is 3. The summed E-state index contributed by atoms with van der Waals surface area (Å²) in [6.07, 6.45) is 3.41. The zero-order valence-electron chi connectivity index (χ0n) is 17.1. The average Bonchev–Trinajstić information content (AvgIpc) is 3.23. The lowest BCUT2D eigenvalue weighted by atomic mass is 10.1. The van der Waals surface area contributed by atoms with E-state index in [9.17, 15) is 4.79 Å². The first kappa shape index (κ1) is 19.3. The lowest BCUT2D eigenvalue weighted by molar-refractivity contribution is 0.102. The number of nitrogens with one attached hydrogen (secondary N) is 1. The Kier molecular flexibility index (Phi) is 4.92. The van der Waals surface area contributed by atoms with Crippen molar-refractivity contribution in [2.24, 2.45) is 0 Å². The quantitative estimate of drug-likeness (QED) is 0.499. The Hall–Kier alpha value is -3.06. The molecule has 0 radical (unpaired) electrons. The maximum Gasteiger partial charge on any atom is 0.256 e. The molecule has 0 saturated heterocycles. The molecule has 29 heavy (non-hydrogen) atoms. The summed E-state index contributed by atoms with van der Waals surface area (Å²) in [4.78, 5) is 24.7. The number of amides is 1. The van der Waals surface area contributed by atoms with Crippen molar-refractivity contribution in [2.45, 2.75) is 40.7 Å². The number of fused-ring (bicyclic) bond motifs is 1. The van der Waals surface area contributed by atoms with Crippen LogP contribution in [0.25, 0.3) is 22.3 Å². The molecule has 0 saturated carbocycles. The van der Waals surface area contributed by atoms with Crippen molar-refractivity contribution in [1.29, 1.82) is 0 Å². The first-order chi connectivity index (χ1) is 13.8. The van der Waals surface area contributed by atoms with E-state index in [1.165, 1.54) is 9.75 Å². The van der Waals surface area contributed by atoms with Gasteiger partial charge in [-0.1, -0.05) is 0 Å². The molecule has 4 heterocycles. The molecule has 6 nitrogen and oxygen atoms in total. The van der Waals surface area contributed by atoms with E-state index >= 15 is 0 Å². The summed E-state index contributed by atoms with van der Waals surface area (Å²) >= 11 is 1.73. The Labute approximate surface area is 173 Å².